The van der Waals surface area contributed by atoms with Crippen molar-refractivity contribution in [2.24, 2.45) is 0 Å². The summed E-state index contributed by atoms with van der Waals surface area (Å²) in [5.74, 6) is 0.754. The summed E-state index contributed by atoms with van der Waals surface area (Å²) in [6.07, 6.45) is 3.37. The minimum Gasteiger partial charge on any atom is -0.492 e. The molecule has 0 unspecified atom stereocenters. The Morgan fingerprint density at radius 3 is 2.20 bits per heavy atom. The molecular formula is C21H20N2O2. The van der Waals surface area contributed by atoms with Crippen molar-refractivity contribution >= 4 is 5.91 Å². The van der Waals surface area contributed by atoms with Crippen LogP contribution in [0, 0.1) is 0 Å². The second-order valence-corrected chi connectivity index (χ2v) is 5.61. The van der Waals surface area contributed by atoms with Crippen LogP contribution >= 0.6 is 0 Å². The predicted molar refractivity (Wildman–Crippen MR) is 97.4 cm³/mol. The van der Waals surface area contributed by atoms with Crippen molar-refractivity contribution < 1.29 is 9.53 Å². The van der Waals surface area contributed by atoms with Crippen LogP contribution in [0.4, 0.5) is 0 Å². The molecule has 0 fully saturated rings. The van der Waals surface area contributed by atoms with Crippen molar-refractivity contribution in [1.29, 1.82) is 0 Å². The number of nitrogens with zero attached hydrogens (tertiary/aromatic N) is 2. The van der Waals surface area contributed by atoms with Crippen molar-refractivity contribution in [3.05, 3.63) is 96.3 Å². The lowest BCUT2D eigenvalue weighted by molar-refractivity contribution is 0.0716. The largest absolute Gasteiger partial charge is 0.492 e. The van der Waals surface area contributed by atoms with Crippen LogP contribution in [0.15, 0.2) is 85.2 Å². The topological polar surface area (TPSA) is 42.4 Å². The van der Waals surface area contributed by atoms with Gasteiger partial charge in [-0.05, 0) is 29.8 Å². The van der Waals surface area contributed by atoms with Gasteiger partial charge in [-0.25, -0.2) is 0 Å². The zero-order valence-corrected chi connectivity index (χ0v) is 13.9. The first-order valence-electron chi connectivity index (χ1n) is 8.24. The first-order valence-corrected chi connectivity index (χ1v) is 8.24. The lowest BCUT2D eigenvalue weighted by atomic mass is 10.1. The smallest absolute Gasteiger partial charge is 0.254 e. The second kappa shape index (κ2) is 8.64. The van der Waals surface area contributed by atoms with Gasteiger partial charge in [-0.3, -0.25) is 9.78 Å². The maximum absolute atomic E-state index is 12.9. The number of benzene rings is 2. The van der Waals surface area contributed by atoms with E-state index in [-0.39, 0.29) is 5.91 Å². The molecule has 4 heteroatoms. The van der Waals surface area contributed by atoms with Crippen molar-refractivity contribution in [2.75, 3.05) is 13.2 Å². The highest BCUT2D eigenvalue weighted by molar-refractivity contribution is 5.94. The Hall–Kier alpha value is -3.14. The van der Waals surface area contributed by atoms with Crippen LogP contribution in [0.25, 0.3) is 0 Å². The lowest BCUT2D eigenvalue weighted by Gasteiger charge is -2.23. The Bertz CT molecular complexity index is 777. The van der Waals surface area contributed by atoms with Crippen LogP contribution in [0.5, 0.6) is 5.75 Å². The minimum atomic E-state index is 0.00258. The molecule has 0 radical (unpaired) electrons. The molecule has 0 saturated carbocycles. The highest BCUT2D eigenvalue weighted by Crippen LogP contribution is 2.11. The van der Waals surface area contributed by atoms with Crippen molar-refractivity contribution in [3.8, 4) is 5.75 Å². The Morgan fingerprint density at radius 1 is 0.880 bits per heavy atom. The Morgan fingerprint density at radius 2 is 1.52 bits per heavy atom. The molecular weight excluding hydrogens is 312 g/mol. The lowest BCUT2D eigenvalue weighted by Crippen LogP contribution is -2.34. The number of carbonyl (C=O) groups excluding carboxylic acids is 1. The van der Waals surface area contributed by atoms with Gasteiger partial charge in [0.1, 0.15) is 12.4 Å². The van der Waals surface area contributed by atoms with Gasteiger partial charge in [-0.2, -0.15) is 0 Å². The Labute approximate surface area is 147 Å². The SMILES string of the molecule is O=C(c1ccccc1)N(CCOc1ccncc1)Cc1ccccc1. The first kappa shape index (κ1) is 16.7. The molecule has 0 spiro atoms. The van der Waals surface area contributed by atoms with E-state index in [2.05, 4.69) is 4.98 Å². The van der Waals surface area contributed by atoms with E-state index in [1.54, 1.807) is 24.5 Å². The fraction of sp³-hybridized carbons (Fsp3) is 0.143. The van der Waals surface area contributed by atoms with Gasteiger partial charge < -0.3 is 9.64 Å². The fourth-order valence-corrected chi connectivity index (χ4v) is 2.53. The standard InChI is InChI=1S/C21H20N2O2/c24-21(19-9-5-2-6-10-19)23(17-18-7-3-1-4-8-18)15-16-25-20-11-13-22-14-12-20/h1-14H,15-17H2. The third kappa shape index (κ3) is 4.91. The number of carbonyl (C=O) groups is 1. The van der Waals surface area contributed by atoms with Crippen molar-refractivity contribution in [3.63, 3.8) is 0 Å². The summed E-state index contributed by atoms with van der Waals surface area (Å²) in [6.45, 7) is 1.48. The highest BCUT2D eigenvalue weighted by Gasteiger charge is 2.16. The molecule has 0 aliphatic rings. The summed E-state index contributed by atoms with van der Waals surface area (Å²) in [5.41, 5.74) is 1.78. The monoisotopic (exact) mass is 332 g/mol. The molecule has 1 amide bonds. The molecule has 0 bridgehead atoms. The molecule has 3 aromatic rings. The van der Waals surface area contributed by atoms with Crippen LogP contribution in [0.1, 0.15) is 15.9 Å². The van der Waals surface area contributed by atoms with Gasteiger partial charge in [0.2, 0.25) is 0 Å². The zero-order chi connectivity index (χ0) is 17.3. The third-order valence-electron chi connectivity index (χ3n) is 3.80. The summed E-state index contributed by atoms with van der Waals surface area (Å²) in [7, 11) is 0. The van der Waals surface area contributed by atoms with Gasteiger partial charge in [0, 0.05) is 24.5 Å². The molecule has 0 aliphatic heterocycles. The van der Waals surface area contributed by atoms with Gasteiger partial charge in [-0.1, -0.05) is 48.5 Å². The molecule has 2 aromatic carbocycles. The number of amides is 1. The predicted octanol–water partition coefficient (Wildman–Crippen LogP) is 3.80. The molecule has 3 rings (SSSR count). The maximum atomic E-state index is 12.9. The van der Waals surface area contributed by atoms with Gasteiger partial charge in [-0.15, -0.1) is 0 Å². The summed E-state index contributed by atoms with van der Waals surface area (Å²) in [6, 6.07) is 22.9. The molecule has 25 heavy (non-hydrogen) atoms. The van der Waals surface area contributed by atoms with E-state index < -0.39 is 0 Å². The normalized spacial score (nSPS) is 10.2. The Balaban J connectivity index is 1.68. The van der Waals surface area contributed by atoms with Crippen LogP contribution < -0.4 is 4.74 Å². The second-order valence-electron chi connectivity index (χ2n) is 5.61. The molecule has 1 heterocycles. The highest BCUT2D eigenvalue weighted by atomic mass is 16.5. The van der Waals surface area contributed by atoms with Gasteiger partial charge >= 0.3 is 0 Å². The molecule has 126 valence electrons. The third-order valence-corrected chi connectivity index (χ3v) is 3.80. The average molecular weight is 332 g/mol. The number of hydrogen-bond acceptors (Lipinski definition) is 3. The van der Waals surface area contributed by atoms with Gasteiger partial charge in [0.05, 0.1) is 6.54 Å². The number of hydrogen-bond donors (Lipinski definition) is 0. The summed E-state index contributed by atoms with van der Waals surface area (Å²) in [5, 5.41) is 0. The molecule has 0 saturated heterocycles. The molecule has 0 atom stereocenters. The van der Waals surface area contributed by atoms with E-state index in [9.17, 15) is 4.79 Å². The fourth-order valence-electron chi connectivity index (χ4n) is 2.53. The zero-order valence-electron chi connectivity index (χ0n) is 13.9. The van der Waals surface area contributed by atoms with E-state index in [1.165, 1.54) is 0 Å². The first-order chi connectivity index (χ1) is 12.3. The van der Waals surface area contributed by atoms with Gasteiger partial charge in [0.25, 0.3) is 5.91 Å². The molecule has 0 N–H and O–H groups in total. The van der Waals surface area contributed by atoms with Crippen molar-refractivity contribution in [2.45, 2.75) is 6.54 Å². The Kier molecular flexibility index (Phi) is 5.77. The van der Waals surface area contributed by atoms with Gasteiger partial charge in [0.15, 0.2) is 0 Å². The maximum Gasteiger partial charge on any atom is 0.254 e. The number of rotatable bonds is 7. The van der Waals surface area contributed by atoms with Crippen LogP contribution in [-0.2, 0) is 6.54 Å². The minimum absolute atomic E-state index is 0.00258. The summed E-state index contributed by atoms with van der Waals surface area (Å²) in [4.78, 5) is 18.6. The van der Waals surface area contributed by atoms with Crippen LogP contribution in [0.2, 0.25) is 0 Å². The van der Waals surface area contributed by atoms with Crippen molar-refractivity contribution in [1.82, 2.24) is 9.88 Å². The molecule has 1 aromatic heterocycles. The number of ether oxygens (including phenoxy) is 1. The molecule has 0 aliphatic carbocycles. The number of aromatic nitrogens is 1. The van der Waals surface area contributed by atoms with E-state index >= 15 is 0 Å². The number of pyridine rings is 1. The van der Waals surface area contributed by atoms with E-state index in [1.807, 2.05) is 65.6 Å². The van der Waals surface area contributed by atoms with E-state index in [0.29, 0.717) is 25.3 Å². The van der Waals surface area contributed by atoms with Crippen LogP contribution in [0.3, 0.4) is 0 Å². The average Bonchev–Trinajstić information content (AvgIpc) is 2.69. The van der Waals surface area contributed by atoms with E-state index in [4.69, 9.17) is 4.74 Å². The summed E-state index contributed by atoms with van der Waals surface area (Å²) < 4.78 is 5.73. The van der Waals surface area contributed by atoms with Crippen LogP contribution in [-0.4, -0.2) is 28.9 Å². The quantitative estimate of drug-likeness (QED) is 0.661. The molecule has 4 nitrogen and oxygen atoms in total. The van der Waals surface area contributed by atoms with E-state index in [0.717, 1.165) is 11.3 Å². The summed E-state index contributed by atoms with van der Waals surface area (Å²) >= 11 is 0.